The molecule has 1 aliphatic heterocycles. The highest BCUT2D eigenvalue weighted by Gasteiger charge is 2.17. The zero-order valence-electron chi connectivity index (χ0n) is 11.1. The maximum absolute atomic E-state index is 13.1. The Morgan fingerprint density at radius 2 is 2.05 bits per heavy atom. The molecule has 5 heteroatoms. The van der Waals surface area contributed by atoms with E-state index in [1.807, 2.05) is 0 Å². The molecular formula is C15H16FN3O. The summed E-state index contributed by atoms with van der Waals surface area (Å²) >= 11 is 0. The van der Waals surface area contributed by atoms with Crippen molar-refractivity contribution < 1.29 is 9.13 Å². The predicted octanol–water partition coefficient (Wildman–Crippen LogP) is 2.88. The van der Waals surface area contributed by atoms with Crippen LogP contribution in [0.4, 0.5) is 4.39 Å². The van der Waals surface area contributed by atoms with Gasteiger partial charge in [0.2, 0.25) is 5.88 Å². The largest absolute Gasteiger partial charge is 0.437 e. The number of aromatic nitrogens is 2. The van der Waals surface area contributed by atoms with Gasteiger partial charge in [-0.05, 0) is 38.1 Å². The van der Waals surface area contributed by atoms with Gasteiger partial charge in [-0.3, -0.25) is 4.98 Å². The van der Waals surface area contributed by atoms with Crippen molar-refractivity contribution in [3.63, 3.8) is 0 Å². The van der Waals surface area contributed by atoms with Crippen molar-refractivity contribution in [3.05, 3.63) is 48.2 Å². The Morgan fingerprint density at radius 3 is 2.85 bits per heavy atom. The van der Waals surface area contributed by atoms with Gasteiger partial charge in [-0.25, -0.2) is 9.37 Å². The Labute approximate surface area is 117 Å². The Hall–Kier alpha value is -2.01. The quantitative estimate of drug-likeness (QED) is 0.934. The van der Waals surface area contributed by atoms with Crippen molar-refractivity contribution in [3.8, 4) is 11.6 Å². The highest BCUT2D eigenvalue weighted by molar-refractivity contribution is 5.27. The third-order valence-corrected chi connectivity index (χ3v) is 3.41. The van der Waals surface area contributed by atoms with E-state index in [1.54, 1.807) is 24.5 Å². The summed E-state index contributed by atoms with van der Waals surface area (Å²) < 4.78 is 18.7. The second-order valence-electron chi connectivity index (χ2n) is 4.87. The van der Waals surface area contributed by atoms with Crippen molar-refractivity contribution in [1.82, 2.24) is 15.3 Å². The van der Waals surface area contributed by atoms with E-state index in [0.717, 1.165) is 31.6 Å². The van der Waals surface area contributed by atoms with Crippen LogP contribution < -0.4 is 10.1 Å². The van der Waals surface area contributed by atoms with Gasteiger partial charge in [0, 0.05) is 18.2 Å². The standard InChI is InChI=1S/C15H16FN3O/c16-12-2-1-3-13(8-12)20-15-10-18-9-14(19-15)11-4-6-17-7-5-11/h1-3,8-11,17H,4-7H2. The van der Waals surface area contributed by atoms with Crippen molar-refractivity contribution in [1.29, 1.82) is 0 Å². The smallest absolute Gasteiger partial charge is 0.238 e. The average Bonchev–Trinajstić information content (AvgIpc) is 2.48. The number of ether oxygens (including phenoxy) is 1. The minimum Gasteiger partial charge on any atom is -0.437 e. The Balaban J connectivity index is 1.77. The monoisotopic (exact) mass is 273 g/mol. The van der Waals surface area contributed by atoms with E-state index >= 15 is 0 Å². The van der Waals surface area contributed by atoms with Crippen LogP contribution in [0, 0.1) is 5.82 Å². The van der Waals surface area contributed by atoms with Crippen LogP contribution in [-0.4, -0.2) is 23.1 Å². The zero-order chi connectivity index (χ0) is 13.8. The molecule has 2 aromatic rings. The lowest BCUT2D eigenvalue weighted by Gasteiger charge is -2.21. The van der Waals surface area contributed by atoms with Gasteiger partial charge in [-0.15, -0.1) is 0 Å². The van der Waals surface area contributed by atoms with E-state index in [9.17, 15) is 4.39 Å². The minimum absolute atomic E-state index is 0.329. The molecule has 0 unspecified atom stereocenters. The second-order valence-corrected chi connectivity index (χ2v) is 4.87. The third kappa shape index (κ3) is 3.11. The van der Waals surface area contributed by atoms with E-state index in [0.29, 0.717) is 17.5 Å². The van der Waals surface area contributed by atoms with Gasteiger partial charge in [0.1, 0.15) is 11.6 Å². The van der Waals surface area contributed by atoms with Gasteiger partial charge in [0.25, 0.3) is 0 Å². The first-order valence-electron chi connectivity index (χ1n) is 6.77. The first kappa shape index (κ1) is 13.0. The molecule has 1 saturated heterocycles. The molecule has 0 radical (unpaired) electrons. The molecule has 104 valence electrons. The number of nitrogens with zero attached hydrogens (tertiary/aromatic N) is 2. The maximum atomic E-state index is 13.1. The molecule has 1 aromatic heterocycles. The molecule has 1 N–H and O–H groups in total. The van der Waals surface area contributed by atoms with Crippen LogP contribution in [0.2, 0.25) is 0 Å². The molecule has 20 heavy (non-hydrogen) atoms. The number of hydrogen-bond donors (Lipinski definition) is 1. The summed E-state index contributed by atoms with van der Waals surface area (Å²) in [6, 6.07) is 6.01. The fraction of sp³-hybridized carbons (Fsp3) is 0.333. The first-order chi connectivity index (χ1) is 9.81. The van der Waals surface area contributed by atoms with E-state index in [4.69, 9.17) is 4.74 Å². The Kier molecular flexibility index (Phi) is 3.87. The molecule has 0 spiro atoms. The number of benzene rings is 1. The average molecular weight is 273 g/mol. The van der Waals surface area contributed by atoms with E-state index in [-0.39, 0.29) is 5.82 Å². The number of hydrogen-bond acceptors (Lipinski definition) is 4. The molecule has 2 heterocycles. The van der Waals surface area contributed by atoms with Crippen molar-refractivity contribution >= 4 is 0 Å². The summed E-state index contributed by atoms with van der Waals surface area (Å²) in [5.74, 6) is 0.929. The van der Waals surface area contributed by atoms with Gasteiger partial charge >= 0.3 is 0 Å². The van der Waals surface area contributed by atoms with E-state index < -0.39 is 0 Å². The molecule has 0 saturated carbocycles. The van der Waals surface area contributed by atoms with Crippen LogP contribution in [-0.2, 0) is 0 Å². The molecule has 1 fully saturated rings. The maximum Gasteiger partial charge on any atom is 0.238 e. The van der Waals surface area contributed by atoms with Gasteiger partial charge in [-0.2, -0.15) is 0 Å². The first-order valence-corrected chi connectivity index (χ1v) is 6.77. The summed E-state index contributed by atoms with van der Waals surface area (Å²) in [6.07, 6.45) is 5.44. The molecular weight excluding hydrogens is 257 g/mol. The van der Waals surface area contributed by atoms with Gasteiger partial charge in [0.05, 0.1) is 11.9 Å². The van der Waals surface area contributed by atoms with Crippen molar-refractivity contribution in [2.75, 3.05) is 13.1 Å². The molecule has 1 aliphatic rings. The number of nitrogens with one attached hydrogen (secondary N) is 1. The molecule has 0 amide bonds. The summed E-state index contributed by atoms with van der Waals surface area (Å²) in [4.78, 5) is 8.66. The third-order valence-electron chi connectivity index (χ3n) is 3.41. The predicted molar refractivity (Wildman–Crippen MR) is 73.4 cm³/mol. The number of halogens is 1. The van der Waals surface area contributed by atoms with Gasteiger partial charge < -0.3 is 10.1 Å². The number of piperidine rings is 1. The molecule has 0 atom stereocenters. The normalized spacial score (nSPS) is 16.1. The number of rotatable bonds is 3. The molecule has 1 aromatic carbocycles. The lowest BCUT2D eigenvalue weighted by molar-refractivity contribution is 0.429. The Morgan fingerprint density at radius 1 is 1.20 bits per heavy atom. The van der Waals surface area contributed by atoms with Crippen LogP contribution in [0.5, 0.6) is 11.6 Å². The van der Waals surface area contributed by atoms with Crippen LogP contribution in [0.1, 0.15) is 24.5 Å². The SMILES string of the molecule is Fc1cccc(Oc2cncc(C3CCNCC3)n2)c1. The van der Waals surface area contributed by atoms with E-state index in [2.05, 4.69) is 15.3 Å². The fourth-order valence-electron chi connectivity index (χ4n) is 2.38. The van der Waals surface area contributed by atoms with Crippen LogP contribution >= 0.6 is 0 Å². The van der Waals surface area contributed by atoms with Crippen LogP contribution in [0.3, 0.4) is 0 Å². The van der Waals surface area contributed by atoms with Crippen LogP contribution in [0.25, 0.3) is 0 Å². The lowest BCUT2D eigenvalue weighted by atomic mass is 9.95. The van der Waals surface area contributed by atoms with Crippen molar-refractivity contribution in [2.24, 2.45) is 0 Å². The van der Waals surface area contributed by atoms with Crippen LogP contribution in [0.15, 0.2) is 36.7 Å². The topological polar surface area (TPSA) is 47.0 Å². The van der Waals surface area contributed by atoms with E-state index in [1.165, 1.54) is 12.1 Å². The highest BCUT2D eigenvalue weighted by atomic mass is 19.1. The summed E-state index contributed by atoms with van der Waals surface area (Å²) in [6.45, 7) is 2.00. The molecule has 3 rings (SSSR count). The summed E-state index contributed by atoms with van der Waals surface area (Å²) in [5, 5.41) is 3.32. The molecule has 4 nitrogen and oxygen atoms in total. The molecule has 0 bridgehead atoms. The van der Waals surface area contributed by atoms with Crippen molar-refractivity contribution in [2.45, 2.75) is 18.8 Å². The second kappa shape index (κ2) is 5.96. The minimum atomic E-state index is -0.329. The molecule has 0 aliphatic carbocycles. The highest BCUT2D eigenvalue weighted by Crippen LogP contribution is 2.26. The summed E-state index contributed by atoms with van der Waals surface area (Å²) in [5.41, 5.74) is 0.945. The zero-order valence-corrected chi connectivity index (χ0v) is 11.1. The fourth-order valence-corrected chi connectivity index (χ4v) is 2.38. The van der Waals surface area contributed by atoms with Gasteiger partial charge in [-0.1, -0.05) is 6.07 Å². The summed E-state index contributed by atoms with van der Waals surface area (Å²) in [7, 11) is 0. The Bertz CT molecular complexity index is 585. The lowest BCUT2D eigenvalue weighted by Crippen LogP contribution is -2.27. The van der Waals surface area contributed by atoms with Gasteiger partial charge in [0.15, 0.2) is 0 Å².